The summed E-state index contributed by atoms with van der Waals surface area (Å²) in [6, 6.07) is 67.3. The summed E-state index contributed by atoms with van der Waals surface area (Å²) in [7, 11) is 0. The summed E-state index contributed by atoms with van der Waals surface area (Å²) in [6.45, 7) is 19.1. The van der Waals surface area contributed by atoms with Crippen molar-refractivity contribution in [3.05, 3.63) is 275 Å². The molecule has 16 aromatic rings. The van der Waals surface area contributed by atoms with Gasteiger partial charge in [-0.05, 0) is 195 Å². The highest BCUT2D eigenvalue weighted by molar-refractivity contribution is 6.15. The molecule has 0 fully saturated rings. The van der Waals surface area contributed by atoms with Crippen molar-refractivity contribution in [3.8, 4) is 45.3 Å². The largest absolute Gasteiger partial charge is 0.417 e. The van der Waals surface area contributed by atoms with E-state index < -0.39 is 28.9 Å². The van der Waals surface area contributed by atoms with Gasteiger partial charge >= 0.3 is 12.4 Å². The van der Waals surface area contributed by atoms with Gasteiger partial charge in [0.05, 0.1) is 89.4 Å². The van der Waals surface area contributed by atoms with Crippen LogP contribution in [0, 0.1) is 27.7 Å². The molecule has 0 N–H and O–H groups in total. The number of aromatic nitrogens is 6. The zero-order valence-electron chi connectivity index (χ0n) is 54.5. The summed E-state index contributed by atoms with van der Waals surface area (Å²) in [5.41, 5.74) is 13.4. The van der Waals surface area contributed by atoms with Crippen molar-refractivity contribution in [1.29, 1.82) is 0 Å². The molecule has 0 spiro atoms. The molecule has 16 rings (SSSR count). The zero-order chi connectivity index (χ0) is 66.6. The van der Waals surface area contributed by atoms with Crippen LogP contribution in [0.4, 0.5) is 26.3 Å². The number of hydrogen-bond acceptors (Lipinski definition) is 2. The first-order valence-corrected chi connectivity index (χ1v) is 32.4. The summed E-state index contributed by atoms with van der Waals surface area (Å²) in [5, 5.41) is 7.54. The molecule has 0 saturated carbocycles. The van der Waals surface area contributed by atoms with Crippen molar-refractivity contribution in [2.45, 2.75) is 91.9 Å². The lowest BCUT2D eigenvalue weighted by Gasteiger charge is -2.27. The smallest absolute Gasteiger partial charge is 0.309 e. The molecule has 6 heterocycles. The number of halogens is 6. The van der Waals surface area contributed by atoms with E-state index in [9.17, 15) is 0 Å². The lowest BCUT2D eigenvalue weighted by Crippen LogP contribution is -2.21. The Labute approximate surface area is 551 Å². The Morgan fingerprint density at radius 2 is 0.708 bits per heavy atom. The number of para-hydroxylation sites is 2. The first kappa shape index (κ1) is 60.2. The molecule has 0 bridgehead atoms. The first-order valence-electron chi connectivity index (χ1n) is 32.4. The fraction of sp³-hybridized carbons (Fsp3) is 0.167. The van der Waals surface area contributed by atoms with E-state index in [0.29, 0.717) is 29.2 Å². The van der Waals surface area contributed by atoms with Crippen molar-refractivity contribution in [3.63, 3.8) is 0 Å². The minimum Gasteiger partial charge on any atom is -0.309 e. The monoisotopic (exact) mass is 1270 g/mol. The molecule has 6 nitrogen and oxygen atoms in total. The average Bonchev–Trinajstić information content (AvgIpc) is 1.52. The van der Waals surface area contributed by atoms with Crippen molar-refractivity contribution in [1.82, 2.24) is 28.2 Å². The highest BCUT2D eigenvalue weighted by atomic mass is 19.4. The van der Waals surface area contributed by atoms with Crippen molar-refractivity contribution >= 4 is 87.2 Å². The van der Waals surface area contributed by atoms with Gasteiger partial charge in [-0.25, -0.2) is 0 Å². The lowest BCUT2D eigenvalue weighted by molar-refractivity contribution is -0.137. The molecular weight excluding hydrogens is 1210 g/mol. The van der Waals surface area contributed by atoms with E-state index in [1.54, 1.807) is 36.7 Å². The number of rotatable bonds is 9. The highest BCUT2D eigenvalue weighted by Crippen LogP contribution is 2.50. The lowest BCUT2D eigenvalue weighted by atomic mass is 9.77. The van der Waals surface area contributed by atoms with E-state index in [2.05, 4.69) is 130 Å². The van der Waals surface area contributed by atoms with Crippen LogP contribution in [-0.4, -0.2) is 28.2 Å². The van der Waals surface area contributed by atoms with Crippen LogP contribution in [0.1, 0.15) is 84.7 Å². The van der Waals surface area contributed by atoms with E-state index in [4.69, 9.17) is 9.97 Å². The maximum Gasteiger partial charge on any atom is 0.417 e. The molecule has 0 aliphatic rings. The van der Waals surface area contributed by atoms with Crippen LogP contribution >= 0.6 is 0 Å². The molecule has 0 unspecified atom stereocenters. The van der Waals surface area contributed by atoms with Gasteiger partial charge in [0, 0.05) is 66.6 Å². The van der Waals surface area contributed by atoms with Gasteiger partial charge < -0.3 is 18.3 Å². The Morgan fingerprint density at radius 1 is 0.333 bits per heavy atom. The molecule has 0 aliphatic carbocycles. The number of alkyl halides is 6. The summed E-state index contributed by atoms with van der Waals surface area (Å²) >= 11 is 0. The summed E-state index contributed by atoms with van der Waals surface area (Å²) in [4.78, 5) is 9.89. The minimum atomic E-state index is -4.76. The van der Waals surface area contributed by atoms with Crippen molar-refractivity contribution in [2.24, 2.45) is 0 Å². The quantitative estimate of drug-likeness (QED) is 0.135. The maximum absolute atomic E-state index is 16.0. The summed E-state index contributed by atoms with van der Waals surface area (Å²) in [6.07, 6.45) is -5.83. The van der Waals surface area contributed by atoms with Gasteiger partial charge in [0.25, 0.3) is 0 Å². The van der Waals surface area contributed by atoms with Crippen LogP contribution in [0.15, 0.2) is 225 Å². The molecule has 12 heteroatoms. The van der Waals surface area contributed by atoms with Gasteiger partial charge in [-0.15, -0.1) is 0 Å². The molecule has 474 valence electrons. The van der Waals surface area contributed by atoms with Gasteiger partial charge in [-0.2, -0.15) is 26.3 Å². The number of benzene rings is 10. The Bertz CT molecular complexity index is 5860. The van der Waals surface area contributed by atoms with Crippen molar-refractivity contribution in [2.75, 3.05) is 0 Å². The van der Waals surface area contributed by atoms with E-state index in [0.717, 1.165) is 138 Å². The molecule has 0 atom stereocenters. The molecule has 6 aromatic heterocycles. The first-order chi connectivity index (χ1) is 45.9. The predicted octanol–water partition coefficient (Wildman–Crippen LogP) is 23.3. The third kappa shape index (κ3) is 9.45. The van der Waals surface area contributed by atoms with E-state index >= 15 is 26.3 Å². The van der Waals surface area contributed by atoms with E-state index in [-0.39, 0.29) is 27.9 Å². The van der Waals surface area contributed by atoms with Gasteiger partial charge in [-0.3, -0.25) is 9.97 Å². The number of nitrogens with zero attached hydrogens (tertiary/aromatic N) is 6. The molecule has 0 amide bonds. The second-order valence-corrected chi connectivity index (χ2v) is 27.6. The third-order valence-electron chi connectivity index (χ3n) is 19.8. The Kier molecular flexibility index (Phi) is 13.6. The molecule has 10 aromatic carbocycles. The van der Waals surface area contributed by atoms with Gasteiger partial charge in [0.15, 0.2) is 0 Å². The fourth-order valence-electron chi connectivity index (χ4n) is 15.3. The van der Waals surface area contributed by atoms with Gasteiger partial charge in [0.2, 0.25) is 0 Å². The van der Waals surface area contributed by atoms with Gasteiger partial charge in [0.1, 0.15) is 0 Å². The standard InChI is InChI=1S/C84H66F6N6/c1-48-28-34-66-56(42-48)57-43-49(2)29-35-67(57)94(66)72-25-15-21-63(84(88,89)90)78(72)80-75(27-17-41-92-80)96-70-36-30-50(3)44-60(70)76-61(51(4)31-37-73(76)96)47-82(8,9)53-33-39-68-59(46-53)55-19-10-12-22-64(55)93(68)71-24-14-20-62(83(85,86)87)77(71)79-74(26-16-40-91-79)95-65-23-13-11-18-54(65)58-45-52(81(5,6)7)32-38-69(58)95/h10-46H,47H2,1-9H3. The van der Waals surface area contributed by atoms with Crippen LogP contribution in [-0.2, 0) is 29.6 Å². The molecular formula is C84H66F6N6. The van der Waals surface area contributed by atoms with Crippen LogP contribution in [0.5, 0.6) is 0 Å². The SMILES string of the molecule is Cc1ccc2c(c1)c1cc(C)ccc1n2-c1cccc(C(F)(F)F)c1-c1ncccc1-n1c2ccc(C)cc2c2c(CC(C)(C)c3ccc4c(c3)c3ccccc3n4-c3cccc(C(F)(F)F)c3-c3ncccc3-n3c4ccccc4c4cc(C(C)(C)C)ccc43)c(C)ccc21. The number of aryl methyl sites for hydroxylation is 4. The topological polar surface area (TPSA) is 45.5 Å². The zero-order valence-corrected chi connectivity index (χ0v) is 54.5. The fourth-order valence-corrected chi connectivity index (χ4v) is 15.3. The number of pyridine rings is 2. The van der Waals surface area contributed by atoms with E-state index in [1.165, 1.54) is 12.1 Å². The summed E-state index contributed by atoms with van der Waals surface area (Å²) < 4.78 is 104. The van der Waals surface area contributed by atoms with Crippen LogP contribution < -0.4 is 0 Å². The highest BCUT2D eigenvalue weighted by Gasteiger charge is 2.39. The van der Waals surface area contributed by atoms with Crippen molar-refractivity contribution < 1.29 is 26.3 Å². The Hall–Kier alpha value is -10.7. The third-order valence-corrected chi connectivity index (χ3v) is 19.8. The molecule has 96 heavy (non-hydrogen) atoms. The van der Waals surface area contributed by atoms with Gasteiger partial charge in [-0.1, -0.05) is 136 Å². The predicted molar refractivity (Wildman–Crippen MR) is 381 cm³/mol. The Morgan fingerprint density at radius 3 is 1.19 bits per heavy atom. The Balaban J connectivity index is 0.856. The normalized spacial score (nSPS) is 12.8. The molecule has 0 aliphatic heterocycles. The van der Waals surface area contributed by atoms with E-state index in [1.807, 2.05) is 114 Å². The van der Waals surface area contributed by atoms with Crippen LogP contribution in [0.3, 0.4) is 0 Å². The van der Waals surface area contributed by atoms with Crippen LogP contribution in [0.2, 0.25) is 0 Å². The molecule has 0 saturated heterocycles. The summed E-state index contributed by atoms with van der Waals surface area (Å²) in [5.74, 6) is 0. The maximum atomic E-state index is 16.0. The second-order valence-electron chi connectivity index (χ2n) is 27.6. The van der Waals surface area contributed by atoms with Crippen LogP contribution in [0.25, 0.3) is 132 Å². The average molecular weight is 1270 g/mol. The second kappa shape index (κ2) is 21.7. The number of hydrogen-bond donors (Lipinski definition) is 0. The number of fused-ring (bicyclic) bond motifs is 12. The minimum absolute atomic E-state index is 0.0345. The molecule has 0 radical (unpaired) electrons.